The predicted molar refractivity (Wildman–Crippen MR) is 120 cm³/mol. The van der Waals surface area contributed by atoms with Crippen molar-refractivity contribution in [2.24, 2.45) is 46.3 Å². The highest BCUT2D eigenvalue weighted by molar-refractivity contribution is 5.80. The fraction of sp³-hybridized carbons (Fsp3) is 0.923. The number of hydrogen-bond donors (Lipinski definition) is 4. The Kier molecular flexibility index (Phi) is 6.89. The molecule has 33 heavy (non-hydrogen) atoms. The summed E-state index contributed by atoms with van der Waals surface area (Å²) in [6.45, 7) is 6.21. The van der Waals surface area contributed by atoms with Crippen molar-refractivity contribution in [2.75, 3.05) is 6.54 Å². The van der Waals surface area contributed by atoms with Gasteiger partial charge in [-0.3, -0.25) is 4.79 Å². The molecule has 7 heteroatoms. The number of carboxylic acid groups (broad SMARTS) is 1. The average molecular weight is 465 g/mol. The van der Waals surface area contributed by atoms with E-state index in [4.69, 9.17) is 0 Å². The number of aliphatic carboxylic acids is 1. The summed E-state index contributed by atoms with van der Waals surface area (Å²) in [5, 5.41) is 46.1. The van der Waals surface area contributed by atoms with Gasteiger partial charge in [-0.05, 0) is 97.7 Å². The van der Waals surface area contributed by atoms with Crippen molar-refractivity contribution < 1.29 is 30.0 Å². The van der Waals surface area contributed by atoms with Crippen LogP contribution >= 0.6 is 0 Å². The summed E-state index contributed by atoms with van der Waals surface area (Å²) in [6, 6.07) is 0. The molecule has 0 aromatic rings. The lowest BCUT2D eigenvalue weighted by atomic mass is 9.43. The van der Waals surface area contributed by atoms with E-state index >= 15 is 0 Å². The number of rotatable bonds is 6. The second-order valence-corrected chi connectivity index (χ2v) is 12.2. The van der Waals surface area contributed by atoms with Crippen molar-refractivity contribution in [3.05, 3.63) is 0 Å². The van der Waals surface area contributed by atoms with E-state index in [9.17, 15) is 30.0 Å². The van der Waals surface area contributed by atoms with Crippen LogP contribution < -0.4 is 10.4 Å². The van der Waals surface area contributed by atoms with Gasteiger partial charge in [0, 0.05) is 6.42 Å². The van der Waals surface area contributed by atoms with Crippen LogP contribution in [0, 0.1) is 46.3 Å². The molecule has 4 aliphatic carbocycles. The topological polar surface area (TPSA) is 130 Å². The molecule has 0 spiro atoms. The van der Waals surface area contributed by atoms with Crippen LogP contribution in [0.1, 0.15) is 78.6 Å². The van der Waals surface area contributed by atoms with Crippen molar-refractivity contribution in [3.63, 3.8) is 0 Å². The molecule has 4 rings (SSSR count). The highest BCUT2D eigenvalue weighted by Crippen LogP contribution is 2.68. The lowest BCUT2D eigenvalue weighted by Gasteiger charge is -2.63. The fourth-order valence-corrected chi connectivity index (χ4v) is 8.95. The maximum Gasteiger partial charge on any atom is 0.220 e. The summed E-state index contributed by atoms with van der Waals surface area (Å²) in [5.41, 5.74) is -0.230. The lowest BCUT2D eigenvalue weighted by Crippen LogP contribution is -2.62. The standard InChI is InChI=1S/C26H43NO6/c1-14(4-7-22(31)27-13-23(32)33)17-5-6-18-24-19(12-21(30)26(17,18)3)25(2)9-8-16(28)10-15(25)11-20(24)29/h14-21,24,28-30H,4-13H2,1-3H3,(H,27,31)(H,32,33)/p-1/t14?,15?,16-,17-,18?,19?,20+,21+,24?,25+,26-/m1/s1. The molecule has 4 fully saturated rings. The molecule has 11 atom stereocenters. The molecule has 188 valence electrons. The van der Waals surface area contributed by atoms with Gasteiger partial charge in [-0.1, -0.05) is 20.8 Å². The number of amides is 1. The highest BCUT2D eigenvalue weighted by atomic mass is 16.4. The SMILES string of the molecule is CC(CCC(=O)NCC(=O)[O-])[C@H]1CCC2C3C(C[C@H](O)[C@@]21C)[C@@]1(C)CC[C@@H](O)CC1C[C@@H]3O. The molecule has 5 unspecified atom stereocenters. The van der Waals surface area contributed by atoms with Crippen LogP contribution in [0.25, 0.3) is 0 Å². The van der Waals surface area contributed by atoms with Gasteiger partial charge < -0.3 is 30.5 Å². The van der Waals surface area contributed by atoms with Crippen LogP contribution in [0.15, 0.2) is 0 Å². The number of fused-ring (bicyclic) bond motifs is 5. The molecule has 0 radical (unpaired) electrons. The van der Waals surface area contributed by atoms with Crippen LogP contribution in [0.2, 0.25) is 0 Å². The van der Waals surface area contributed by atoms with Crippen LogP contribution in [0.4, 0.5) is 0 Å². The average Bonchev–Trinajstić information content (AvgIpc) is 3.11. The van der Waals surface area contributed by atoms with Gasteiger partial charge in [0.15, 0.2) is 0 Å². The Hall–Kier alpha value is -1.18. The molecule has 0 saturated heterocycles. The van der Waals surface area contributed by atoms with Gasteiger partial charge in [0.1, 0.15) is 0 Å². The molecule has 0 aliphatic heterocycles. The third-order valence-corrected chi connectivity index (χ3v) is 10.8. The quantitative estimate of drug-likeness (QED) is 0.468. The van der Waals surface area contributed by atoms with E-state index in [1.165, 1.54) is 0 Å². The van der Waals surface area contributed by atoms with E-state index in [-0.39, 0.29) is 65.0 Å². The molecule has 4 aliphatic rings. The minimum atomic E-state index is -1.29. The molecule has 0 bridgehead atoms. The van der Waals surface area contributed by atoms with Crippen molar-refractivity contribution in [2.45, 2.75) is 96.9 Å². The Morgan fingerprint density at radius 1 is 1.06 bits per heavy atom. The van der Waals surface area contributed by atoms with Gasteiger partial charge in [0.2, 0.25) is 5.91 Å². The summed E-state index contributed by atoms with van der Waals surface area (Å²) >= 11 is 0. The number of carboxylic acids is 1. The molecular weight excluding hydrogens is 422 g/mol. The molecule has 4 saturated carbocycles. The van der Waals surface area contributed by atoms with Gasteiger partial charge in [0.25, 0.3) is 0 Å². The number of aliphatic hydroxyl groups is 3. The normalized spacial score (nSPS) is 47.7. The van der Waals surface area contributed by atoms with Crippen LogP contribution in [-0.4, -0.2) is 52.1 Å². The Morgan fingerprint density at radius 3 is 2.48 bits per heavy atom. The third-order valence-electron chi connectivity index (χ3n) is 10.8. The zero-order chi connectivity index (χ0) is 24.1. The minimum Gasteiger partial charge on any atom is -0.548 e. The maximum atomic E-state index is 12.0. The van der Waals surface area contributed by atoms with E-state index in [1.54, 1.807) is 0 Å². The van der Waals surface area contributed by atoms with Gasteiger partial charge >= 0.3 is 0 Å². The Balaban J connectivity index is 1.49. The summed E-state index contributed by atoms with van der Waals surface area (Å²) in [5.74, 6) is -0.0789. The molecule has 1 amide bonds. The van der Waals surface area contributed by atoms with Gasteiger partial charge in [0.05, 0.1) is 30.8 Å². The number of carbonyl (C=O) groups is 2. The first kappa shape index (κ1) is 24.9. The first-order valence-electron chi connectivity index (χ1n) is 13.0. The monoisotopic (exact) mass is 464 g/mol. The smallest absolute Gasteiger partial charge is 0.220 e. The molecule has 4 N–H and O–H groups in total. The maximum absolute atomic E-state index is 12.0. The molecular formula is C26H42NO6-. The summed E-state index contributed by atoms with van der Waals surface area (Å²) < 4.78 is 0. The second-order valence-electron chi connectivity index (χ2n) is 12.2. The minimum absolute atomic E-state index is 0.0617. The highest BCUT2D eigenvalue weighted by Gasteiger charge is 2.65. The second kappa shape index (κ2) is 9.12. The zero-order valence-electron chi connectivity index (χ0n) is 20.3. The van der Waals surface area contributed by atoms with Crippen LogP contribution in [0.3, 0.4) is 0 Å². The Morgan fingerprint density at radius 2 is 1.79 bits per heavy atom. The lowest BCUT2D eigenvalue weighted by molar-refractivity contribution is -0.304. The molecule has 7 nitrogen and oxygen atoms in total. The van der Waals surface area contributed by atoms with E-state index in [2.05, 4.69) is 26.1 Å². The number of nitrogens with one attached hydrogen (secondary N) is 1. The number of carbonyl (C=O) groups excluding carboxylic acids is 2. The first-order valence-corrected chi connectivity index (χ1v) is 13.0. The Bertz CT molecular complexity index is 759. The largest absolute Gasteiger partial charge is 0.548 e. The van der Waals surface area contributed by atoms with Crippen molar-refractivity contribution >= 4 is 11.9 Å². The van der Waals surface area contributed by atoms with E-state index in [0.717, 1.165) is 38.5 Å². The third kappa shape index (κ3) is 4.23. The van der Waals surface area contributed by atoms with Crippen molar-refractivity contribution in [1.29, 1.82) is 0 Å². The van der Waals surface area contributed by atoms with Gasteiger partial charge in [-0.2, -0.15) is 0 Å². The molecule has 0 heterocycles. The van der Waals surface area contributed by atoms with E-state index in [0.29, 0.717) is 18.8 Å². The Labute approximate surface area is 197 Å². The summed E-state index contributed by atoms with van der Waals surface area (Å²) in [6.07, 6.45) is 5.75. The number of aliphatic hydroxyl groups excluding tert-OH is 3. The summed E-state index contributed by atoms with van der Waals surface area (Å²) in [7, 11) is 0. The molecule has 0 aromatic heterocycles. The van der Waals surface area contributed by atoms with E-state index in [1.807, 2.05) is 0 Å². The predicted octanol–water partition coefficient (Wildman–Crippen LogP) is 1.23. The van der Waals surface area contributed by atoms with Gasteiger partial charge in [-0.15, -0.1) is 0 Å². The summed E-state index contributed by atoms with van der Waals surface area (Å²) in [4.78, 5) is 22.6. The number of hydrogen-bond acceptors (Lipinski definition) is 6. The van der Waals surface area contributed by atoms with Crippen LogP contribution in [0.5, 0.6) is 0 Å². The van der Waals surface area contributed by atoms with Crippen molar-refractivity contribution in [1.82, 2.24) is 5.32 Å². The van der Waals surface area contributed by atoms with Crippen molar-refractivity contribution in [3.8, 4) is 0 Å². The zero-order valence-corrected chi connectivity index (χ0v) is 20.3. The first-order chi connectivity index (χ1) is 15.5. The van der Waals surface area contributed by atoms with Gasteiger partial charge in [-0.25, -0.2) is 0 Å². The fourth-order valence-electron chi connectivity index (χ4n) is 8.95. The molecule has 0 aromatic carbocycles. The van der Waals surface area contributed by atoms with Crippen LogP contribution in [-0.2, 0) is 9.59 Å². The van der Waals surface area contributed by atoms with E-state index < -0.39 is 18.6 Å².